The first-order valence-electron chi connectivity index (χ1n) is 8.67. The Kier molecular flexibility index (Phi) is 7.78. The maximum Gasteiger partial charge on any atom is 0.263 e. The van der Waals surface area contributed by atoms with Crippen LogP contribution in [-0.2, 0) is 4.79 Å². The van der Waals surface area contributed by atoms with Crippen molar-refractivity contribution < 1.29 is 14.3 Å². The van der Waals surface area contributed by atoms with E-state index in [4.69, 9.17) is 21.1 Å². The number of amides is 1. The Bertz CT molecular complexity index is 772. The average molecular weight is 411 g/mol. The zero-order valence-electron chi connectivity index (χ0n) is 15.4. The summed E-state index contributed by atoms with van der Waals surface area (Å²) in [6.45, 7) is 3.78. The zero-order chi connectivity index (χ0) is 18.5. The fourth-order valence-electron chi connectivity index (χ4n) is 3.20. The molecule has 1 aliphatic heterocycles. The van der Waals surface area contributed by atoms with Gasteiger partial charge in [0.2, 0.25) is 0 Å². The van der Waals surface area contributed by atoms with Gasteiger partial charge in [-0.2, -0.15) is 0 Å². The normalized spacial score (nSPS) is 17.6. The Morgan fingerprint density at radius 2 is 1.85 bits per heavy atom. The molecular formula is C20H24Cl2N2O3. The highest BCUT2D eigenvalue weighted by molar-refractivity contribution is 6.32. The number of halogens is 2. The predicted octanol–water partition coefficient (Wildman–Crippen LogP) is 3.71. The molecule has 5 nitrogen and oxygen atoms in total. The number of hydrogen-bond donors (Lipinski definition) is 1. The van der Waals surface area contributed by atoms with Crippen LogP contribution in [0.1, 0.15) is 18.5 Å². The van der Waals surface area contributed by atoms with Gasteiger partial charge in [-0.3, -0.25) is 4.79 Å². The van der Waals surface area contributed by atoms with Crippen LogP contribution in [0.4, 0.5) is 0 Å². The van der Waals surface area contributed by atoms with Gasteiger partial charge in [-0.05, 0) is 25.1 Å². The topological polar surface area (TPSA) is 50.8 Å². The van der Waals surface area contributed by atoms with E-state index in [-0.39, 0.29) is 24.4 Å². The second kappa shape index (κ2) is 9.83. The molecule has 2 aromatic rings. The van der Waals surface area contributed by atoms with Gasteiger partial charge < -0.3 is 19.7 Å². The van der Waals surface area contributed by atoms with E-state index in [1.54, 1.807) is 26.2 Å². The fraction of sp³-hybridized carbons (Fsp3) is 0.350. The van der Waals surface area contributed by atoms with Crippen molar-refractivity contribution in [3.63, 3.8) is 0 Å². The lowest BCUT2D eigenvalue weighted by molar-refractivity contribution is -0.141. The van der Waals surface area contributed by atoms with E-state index in [1.165, 1.54) is 0 Å². The Hall–Kier alpha value is -1.95. The molecule has 1 saturated heterocycles. The molecule has 3 rings (SSSR count). The average Bonchev–Trinajstić information content (AvgIpc) is 2.69. The van der Waals surface area contributed by atoms with Crippen LogP contribution >= 0.6 is 24.0 Å². The molecular weight excluding hydrogens is 387 g/mol. The highest BCUT2D eigenvalue weighted by Crippen LogP contribution is 2.31. The van der Waals surface area contributed by atoms with Crippen LogP contribution in [0.25, 0.3) is 0 Å². The van der Waals surface area contributed by atoms with Crippen LogP contribution in [-0.4, -0.2) is 43.7 Å². The number of rotatable bonds is 5. The van der Waals surface area contributed by atoms with E-state index in [1.807, 2.05) is 41.3 Å². The SMILES string of the molecule is COc1ccccc1C1CNCCN1C(=O)C(C)Oc1ccccc1Cl.Cl. The van der Waals surface area contributed by atoms with Gasteiger partial charge >= 0.3 is 0 Å². The van der Waals surface area contributed by atoms with Gasteiger partial charge in [0.15, 0.2) is 6.10 Å². The monoisotopic (exact) mass is 410 g/mol. The Morgan fingerprint density at radius 1 is 1.19 bits per heavy atom. The van der Waals surface area contributed by atoms with Crippen LogP contribution in [0, 0.1) is 0 Å². The third-order valence-corrected chi connectivity index (χ3v) is 4.82. The van der Waals surface area contributed by atoms with Gasteiger partial charge in [-0.25, -0.2) is 0 Å². The third-order valence-electron chi connectivity index (χ3n) is 4.51. The quantitative estimate of drug-likeness (QED) is 0.815. The molecule has 0 spiro atoms. The molecule has 0 bridgehead atoms. The van der Waals surface area contributed by atoms with Crippen molar-refractivity contribution in [1.82, 2.24) is 10.2 Å². The van der Waals surface area contributed by atoms with Crippen LogP contribution in [0.5, 0.6) is 11.5 Å². The molecule has 7 heteroatoms. The largest absolute Gasteiger partial charge is 0.496 e. The maximum atomic E-state index is 13.1. The number of methoxy groups -OCH3 is 1. The maximum absolute atomic E-state index is 13.1. The highest BCUT2D eigenvalue weighted by atomic mass is 35.5. The van der Waals surface area contributed by atoms with Crippen molar-refractivity contribution in [3.05, 3.63) is 59.1 Å². The van der Waals surface area contributed by atoms with Crippen LogP contribution < -0.4 is 14.8 Å². The molecule has 2 unspecified atom stereocenters. The van der Waals surface area contributed by atoms with Gasteiger partial charge in [0, 0.05) is 25.2 Å². The number of benzene rings is 2. The minimum Gasteiger partial charge on any atom is -0.496 e. The second-order valence-corrected chi connectivity index (χ2v) is 6.59. The first-order chi connectivity index (χ1) is 12.6. The summed E-state index contributed by atoms with van der Waals surface area (Å²) in [7, 11) is 1.64. The van der Waals surface area contributed by atoms with Crippen molar-refractivity contribution in [2.24, 2.45) is 0 Å². The van der Waals surface area contributed by atoms with E-state index in [0.717, 1.165) is 17.9 Å². The Balaban J connectivity index is 0.00000261. The van der Waals surface area contributed by atoms with Crippen molar-refractivity contribution >= 4 is 29.9 Å². The van der Waals surface area contributed by atoms with Crippen molar-refractivity contribution in [2.75, 3.05) is 26.7 Å². The van der Waals surface area contributed by atoms with Gasteiger partial charge in [-0.1, -0.05) is 41.9 Å². The minimum atomic E-state index is -0.634. The van der Waals surface area contributed by atoms with Gasteiger partial charge in [0.05, 0.1) is 18.2 Å². The van der Waals surface area contributed by atoms with Crippen molar-refractivity contribution in [2.45, 2.75) is 19.1 Å². The summed E-state index contributed by atoms with van der Waals surface area (Å²) >= 11 is 6.15. The number of nitrogens with zero attached hydrogens (tertiary/aromatic N) is 1. The first-order valence-corrected chi connectivity index (χ1v) is 9.05. The Labute approximate surface area is 171 Å². The molecule has 1 N–H and O–H groups in total. The summed E-state index contributed by atoms with van der Waals surface area (Å²) in [4.78, 5) is 14.9. The standard InChI is InChI=1S/C20H23ClN2O3.ClH/c1-14(26-19-10-6-4-8-16(19)21)20(24)23-12-11-22-13-17(23)15-7-3-5-9-18(15)25-2;/h3-10,14,17,22H,11-13H2,1-2H3;1H. The number of piperazine rings is 1. The summed E-state index contributed by atoms with van der Waals surface area (Å²) in [6, 6.07) is 14.9. The summed E-state index contributed by atoms with van der Waals surface area (Å²) in [6.07, 6.45) is -0.634. The van der Waals surface area contributed by atoms with Gasteiger partial charge in [-0.15, -0.1) is 12.4 Å². The first kappa shape index (κ1) is 21.4. The second-order valence-electron chi connectivity index (χ2n) is 6.18. The molecule has 2 aromatic carbocycles. The van der Waals surface area contributed by atoms with Crippen LogP contribution in [0.15, 0.2) is 48.5 Å². The third kappa shape index (κ3) is 4.86. The van der Waals surface area contributed by atoms with E-state index >= 15 is 0 Å². The smallest absolute Gasteiger partial charge is 0.263 e. The molecule has 0 aromatic heterocycles. The highest BCUT2D eigenvalue weighted by Gasteiger charge is 2.33. The number of para-hydroxylation sites is 2. The van der Waals surface area contributed by atoms with E-state index in [0.29, 0.717) is 23.9 Å². The number of hydrogen-bond acceptors (Lipinski definition) is 4. The van der Waals surface area contributed by atoms with Crippen molar-refractivity contribution in [3.8, 4) is 11.5 Å². The Morgan fingerprint density at radius 3 is 2.56 bits per heavy atom. The lowest BCUT2D eigenvalue weighted by Crippen LogP contribution is -2.52. The lowest BCUT2D eigenvalue weighted by Gasteiger charge is -2.38. The van der Waals surface area contributed by atoms with Crippen LogP contribution in [0.2, 0.25) is 5.02 Å². The van der Waals surface area contributed by atoms with Crippen molar-refractivity contribution in [1.29, 1.82) is 0 Å². The molecule has 1 amide bonds. The summed E-state index contributed by atoms with van der Waals surface area (Å²) < 4.78 is 11.3. The summed E-state index contributed by atoms with van der Waals surface area (Å²) in [5.41, 5.74) is 0.987. The summed E-state index contributed by atoms with van der Waals surface area (Å²) in [5, 5.41) is 3.85. The van der Waals surface area contributed by atoms with E-state index < -0.39 is 6.10 Å². The molecule has 1 aliphatic rings. The molecule has 27 heavy (non-hydrogen) atoms. The minimum absolute atomic E-state index is 0. The fourth-order valence-corrected chi connectivity index (χ4v) is 3.38. The molecule has 0 radical (unpaired) electrons. The zero-order valence-corrected chi connectivity index (χ0v) is 16.9. The molecule has 0 aliphatic carbocycles. The molecule has 1 fully saturated rings. The molecule has 2 atom stereocenters. The number of nitrogens with one attached hydrogen (secondary N) is 1. The van der Waals surface area contributed by atoms with Gasteiger partial charge in [0.1, 0.15) is 11.5 Å². The molecule has 1 heterocycles. The van der Waals surface area contributed by atoms with E-state index in [2.05, 4.69) is 5.32 Å². The lowest BCUT2D eigenvalue weighted by atomic mass is 10.0. The summed E-state index contributed by atoms with van der Waals surface area (Å²) in [5.74, 6) is 1.22. The number of ether oxygens (including phenoxy) is 2. The van der Waals surface area contributed by atoms with Crippen LogP contribution in [0.3, 0.4) is 0 Å². The predicted molar refractivity (Wildman–Crippen MR) is 109 cm³/mol. The van der Waals surface area contributed by atoms with Gasteiger partial charge in [0.25, 0.3) is 5.91 Å². The molecule has 0 saturated carbocycles. The molecule has 146 valence electrons. The van der Waals surface area contributed by atoms with E-state index in [9.17, 15) is 4.79 Å². The number of carbonyl (C=O) groups excluding carboxylic acids is 1. The number of carbonyl (C=O) groups is 1.